The molecule has 0 spiro atoms. The largest absolute Gasteiger partial charge is 0.308 e. The average Bonchev–Trinajstić information content (AvgIpc) is 3.95. The van der Waals surface area contributed by atoms with Crippen LogP contribution in [0.15, 0.2) is 249 Å². The third-order valence-electron chi connectivity index (χ3n) is 13.2. The normalized spacial score (nSPS) is 11.5. The minimum atomic E-state index is 0.556. The Morgan fingerprint density at radius 2 is 0.706 bits per heavy atom. The second-order valence-electron chi connectivity index (χ2n) is 17.2. The lowest BCUT2D eigenvalue weighted by molar-refractivity contribution is 0.953. The van der Waals surface area contributed by atoms with Crippen LogP contribution in [0, 0.1) is 0 Å². The van der Waals surface area contributed by atoms with Crippen molar-refractivity contribution < 1.29 is 0 Å². The molecule has 0 aliphatic rings. The van der Waals surface area contributed by atoms with Crippen molar-refractivity contribution in [3.8, 4) is 78.9 Å². The Morgan fingerprint density at radius 1 is 0.265 bits per heavy atom. The van der Waals surface area contributed by atoms with E-state index in [2.05, 4.69) is 234 Å². The summed E-state index contributed by atoms with van der Waals surface area (Å²) in [4.78, 5) is 15.8. The lowest BCUT2D eigenvalue weighted by Crippen LogP contribution is -2.06. The minimum Gasteiger partial charge on any atom is -0.308 e. The van der Waals surface area contributed by atoms with Crippen LogP contribution in [0.5, 0.6) is 0 Å². The SMILES string of the molecule is c1ccc(-c2ccc(-c3nc(-c4ccccc4)nc(-n4c5ccccc5c5c4ccc4c6ccccc6n(-c6ccccc6-c6cc(-c7ccccc7)cc(-c7ccccc7)c6)c45)n3)cc2)cc1. The van der Waals surface area contributed by atoms with Gasteiger partial charge in [0.15, 0.2) is 11.6 Å². The molecule has 68 heavy (non-hydrogen) atoms. The van der Waals surface area contributed by atoms with Gasteiger partial charge in [-0.15, -0.1) is 0 Å². The average molecular weight is 868 g/mol. The van der Waals surface area contributed by atoms with E-state index in [0.717, 1.165) is 71.9 Å². The van der Waals surface area contributed by atoms with E-state index in [9.17, 15) is 0 Å². The number of hydrogen-bond acceptors (Lipinski definition) is 3. The summed E-state index contributed by atoms with van der Waals surface area (Å²) in [6.07, 6.45) is 0. The number of benzene rings is 10. The van der Waals surface area contributed by atoms with Crippen LogP contribution in [0.4, 0.5) is 0 Å². The summed E-state index contributed by atoms with van der Waals surface area (Å²) >= 11 is 0. The lowest BCUT2D eigenvalue weighted by atomic mass is 9.92. The maximum atomic E-state index is 5.33. The first-order valence-electron chi connectivity index (χ1n) is 23.0. The molecule has 5 heteroatoms. The van der Waals surface area contributed by atoms with Gasteiger partial charge in [-0.05, 0) is 81.4 Å². The summed E-state index contributed by atoms with van der Waals surface area (Å²) in [5.74, 6) is 1.78. The van der Waals surface area contributed by atoms with E-state index in [0.29, 0.717) is 17.6 Å². The molecule has 0 saturated heterocycles. The zero-order valence-corrected chi connectivity index (χ0v) is 36.9. The molecule has 3 aromatic heterocycles. The maximum Gasteiger partial charge on any atom is 0.238 e. The van der Waals surface area contributed by atoms with E-state index in [1.165, 1.54) is 33.0 Å². The van der Waals surface area contributed by atoms with Crippen LogP contribution < -0.4 is 0 Å². The predicted octanol–water partition coefficient (Wildman–Crippen LogP) is 16.1. The molecule has 13 aromatic rings. The van der Waals surface area contributed by atoms with Gasteiger partial charge in [0, 0.05) is 38.2 Å². The molecule has 0 saturated carbocycles. The molecule has 0 unspecified atom stereocenters. The van der Waals surface area contributed by atoms with Crippen molar-refractivity contribution in [1.29, 1.82) is 0 Å². The van der Waals surface area contributed by atoms with Gasteiger partial charge in [-0.1, -0.05) is 206 Å². The van der Waals surface area contributed by atoms with Gasteiger partial charge in [-0.3, -0.25) is 4.57 Å². The zero-order valence-electron chi connectivity index (χ0n) is 36.9. The number of fused-ring (bicyclic) bond motifs is 7. The number of hydrogen-bond donors (Lipinski definition) is 0. The highest BCUT2D eigenvalue weighted by molar-refractivity contribution is 6.26. The lowest BCUT2D eigenvalue weighted by Gasteiger charge is -2.17. The van der Waals surface area contributed by atoms with Gasteiger partial charge < -0.3 is 4.57 Å². The van der Waals surface area contributed by atoms with Crippen molar-refractivity contribution in [3.63, 3.8) is 0 Å². The summed E-state index contributed by atoms with van der Waals surface area (Å²) < 4.78 is 4.71. The van der Waals surface area contributed by atoms with Crippen molar-refractivity contribution in [2.24, 2.45) is 0 Å². The molecular formula is C63H41N5. The zero-order chi connectivity index (χ0) is 45.0. The second-order valence-corrected chi connectivity index (χ2v) is 17.2. The summed E-state index contributed by atoms with van der Waals surface area (Å²) in [5, 5.41) is 4.60. The Morgan fingerprint density at radius 3 is 1.32 bits per heavy atom. The Kier molecular flexibility index (Phi) is 9.43. The molecule has 13 rings (SSSR count). The highest BCUT2D eigenvalue weighted by Crippen LogP contribution is 2.44. The molecule has 0 N–H and O–H groups in total. The van der Waals surface area contributed by atoms with Crippen LogP contribution in [0.25, 0.3) is 123 Å². The van der Waals surface area contributed by atoms with E-state index in [1.54, 1.807) is 0 Å². The fourth-order valence-electron chi connectivity index (χ4n) is 10.0. The van der Waals surface area contributed by atoms with Gasteiger partial charge in [0.1, 0.15) is 0 Å². The van der Waals surface area contributed by atoms with Crippen molar-refractivity contribution in [2.75, 3.05) is 0 Å². The molecule has 0 radical (unpaired) electrons. The molecule has 318 valence electrons. The van der Waals surface area contributed by atoms with Crippen LogP contribution in [0.2, 0.25) is 0 Å². The van der Waals surface area contributed by atoms with Gasteiger partial charge in [-0.2, -0.15) is 9.97 Å². The number of nitrogens with zero attached hydrogens (tertiary/aromatic N) is 5. The number of para-hydroxylation sites is 3. The molecule has 0 bridgehead atoms. The van der Waals surface area contributed by atoms with Crippen molar-refractivity contribution >= 4 is 43.6 Å². The van der Waals surface area contributed by atoms with Crippen molar-refractivity contribution in [3.05, 3.63) is 249 Å². The van der Waals surface area contributed by atoms with Crippen LogP contribution in [0.1, 0.15) is 0 Å². The first kappa shape index (κ1) is 39.2. The molecular weight excluding hydrogens is 827 g/mol. The van der Waals surface area contributed by atoms with Crippen LogP contribution in [0.3, 0.4) is 0 Å². The molecule has 0 fully saturated rings. The molecule has 3 heterocycles. The monoisotopic (exact) mass is 867 g/mol. The minimum absolute atomic E-state index is 0.556. The first-order valence-corrected chi connectivity index (χ1v) is 23.0. The number of rotatable bonds is 8. The van der Waals surface area contributed by atoms with Gasteiger partial charge in [-0.25, -0.2) is 4.98 Å². The quantitative estimate of drug-likeness (QED) is 0.153. The Bertz CT molecular complexity index is 3930. The first-order chi connectivity index (χ1) is 33.7. The molecule has 0 aliphatic heterocycles. The smallest absolute Gasteiger partial charge is 0.238 e. The van der Waals surface area contributed by atoms with Gasteiger partial charge in [0.25, 0.3) is 0 Å². The van der Waals surface area contributed by atoms with Crippen LogP contribution >= 0.6 is 0 Å². The maximum absolute atomic E-state index is 5.33. The van der Waals surface area contributed by atoms with Crippen molar-refractivity contribution in [2.45, 2.75) is 0 Å². The molecule has 10 aromatic carbocycles. The topological polar surface area (TPSA) is 48.5 Å². The Hall–Kier alpha value is -9.19. The number of aromatic nitrogens is 5. The third-order valence-corrected chi connectivity index (χ3v) is 13.2. The highest BCUT2D eigenvalue weighted by atomic mass is 15.2. The van der Waals surface area contributed by atoms with E-state index < -0.39 is 0 Å². The predicted molar refractivity (Wildman–Crippen MR) is 281 cm³/mol. The fourth-order valence-corrected chi connectivity index (χ4v) is 10.0. The van der Waals surface area contributed by atoms with Crippen molar-refractivity contribution in [1.82, 2.24) is 24.1 Å². The summed E-state index contributed by atoms with van der Waals surface area (Å²) in [6.45, 7) is 0. The van der Waals surface area contributed by atoms with Gasteiger partial charge >= 0.3 is 0 Å². The summed E-state index contributed by atoms with van der Waals surface area (Å²) in [6, 6.07) is 88.3. The van der Waals surface area contributed by atoms with Crippen LogP contribution in [-0.2, 0) is 0 Å². The van der Waals surface area contributed by atoms with Gasteiger partial charge in [0.2, 0.25) is 5.95 Å². The highest BCUT2D eigenvalue weighted by Gasteiger charge is 2.24. The Balaban J connectivity index is 1.07. The van der Waals surface area contributed by atoms with E-state index in [1.807, 2.05) is 24.3 Å². The third kappa shape index (κ3) is 6.68. The molecule has 0 atom stereocenters. The van der Waals surface area contributed by atoms with Crippen LogP contribution in [-0.4, -0.2) is 24.1 Å². The standard InChI is InChI=1S/C63H41N5/c1-5-19-42(20-6-1)45-33-35-47(36-34-45)62-64-61(46-25-11-4-12-26-46)65-63(66-62)68-57-32-18-15-29-54(57)59-58(68)38-37-53-52-28-14-17-31-56(52)67(60(53)59)55-30-16-13-27-51(55)50-40-48(43-21-7-2-8-22-43)39-49(41-50)44-23-9-3-10-24-44/h1-41H. The van der Waals surface area contributed by atoms with E-state index in [4.69, 9.17) is 15.0 Å². The second kappa shape index (κ2) is 16.4. The summed E-state index contributed by atoms with van der Waals surface area (Å²) in [7, 11) is 0. The van der Waals surface area contributed by atoms with E-state index >= 15 is 0 Å². The Labute approximate surface area is 393 Å². The van der Waals surface area contributed by atoms with E-state index in [-0.39, 0.29) is 0 Å². The molecule has 5 nitrogen and oxygen atoms in total. The fraction of sp³-hybridized carbons (Fsp3) is 0. The molecule has 0 aliphatic carbocycles. The molecule has 0 amide bonds. The van der Waals surface area contributed by atoms with Gasteiger partial charge in [0.05, 0.1) is 27.8 Å². The summed E-state index contributed by atoms with van der Waals surface area (Å²) in [5.41, 5.74) is 16.5.